The van der Waals surface area contributed by atoms with Crippen LogP contribution in [0.25, 0.3) is 10.9 Å². The van der Waals surface area contributed by atoms with Crippen LogP contribution >= 0.6 is 0 Å². The molecule has 1 aliphatic carbocycles. The number of aryl methyl sites for hydroxylation is 1. The summed E-state index contributed by atoms with van der Waals surface area (Å²) < 4.78 is 0. The van der Waals surface area contributed by atoms with Crippen molar-refractivity contribution in [3.8, 4) is 0 Å². The van der Waals surface area contributed by atoms with Crippen molar-refractivity contribution in [2.24, 2.45) is 10.9 Å². The fraction of sp³-hybridized carbons (Fsp3) is 0.526. The van der Waals surface area contributed by atoms with E-state index in [1.165, 1.54) is 25.7 Å². The van der Waals surface area contributed by atoms with Gasteiger partial charge in [0, 0.05) is 11.4 Å². The second-order valence-corrected chi connectivity index (χ2v) is 7.18. The minimum atomic E-state index is 0.599. The lowest BCUT2D eigenvalue weighted by atomic mass is 9.85. The minimum Gasteiger partial charge on any atom is -0.343 e. The Labute approximate surface area is 148 Å². The molecule has 1 aromatic carbocycles. The second-order valence-electron chi connectivity index (χ2n) is 7.18. The average molecular weight is 338 g/mol. The average Bonchev–Trinajstić information content (AvgIpc) is 2.63. The highest BCUT2D eigenvalue weighted by Gasteiger charge is 2.28. The summed E-state index contributed by atoms with van der Waals surface area (Å²) in [5.74, 6) is 2.11. The highest BCUT2D eigenvalue weighted by Crippen LogP contribution is 2.28. The first-order valence-corrected chi connectivity index (χ1v) is 9.23. The third-order valence-corrected chi connectivity index (χ3v) is 5.42. The fourth-order valence-electron chi connectivity index (χ4n) is 3.99. The zero-order chi connectivity index (χ0) is 17.2. The molecule has 0 bridgehead atoms. The number of guanidine groups is 1. The molecule has 4 rings (SSSR count). The van der Waals surface area contributed by atoms with Gasteiger partial charge in [-0.05, 0) is 31.7 Å². The Morgan fingerprint density at radius 2 is 2.00 bits per heavy atom. The number of nitrogens with zero attached hydrogens (tertiary/aromatic N) is 4. The standard InChI is InChI=1S/C19H26N6/c1-13-7-3-6-10-17(13)25-11-20-18(21-12-25)24-19-22-14(2)15-8-4-5-9-16(15)23-19/h4-5,8-9,13,17H,3,6-7,10-12H2,1-2H3,(H2,20,21,22,23,24)/t13-,17-/m0/s1. The quantitative estimate of drug-likeness (QED) is 0.881. The Balaban J connectivity index is 1.45. The van der Waals surface area contributed by atoms with Gasteiger partial charge in [-0.3, -0.25) is 10.2 Å². The van der Waals surface area contributed by atoms with Gasteiger partial charge < -0.3 is 5.32 Å². The summed E-state index contributed by atoms with van der Waals surface area (Å²) >= 11 is 0. The number of nitrogens with one attached hydrogen (secondary N) is 2. The Bertz CT molecular complexity index is 787. The van der Waals surface area contributed by atoms with E-state index in [2.05, 4.69) is 37.4 Å². The van der Waals surface area contributed by atoms with Crippen molar-refractivity contribution >= 4 is 22.8 Å². The van der Waals surface area contributed by atoms with Crippen molar-refractivity contribution in [1.82, 2.24) is 20.2 Å². The Morgan fingerprint density at radius 3 is 2.80 bits per heavy atom. The summed E-state index contributed by atoms with van der Waals surface area (Å²) in [4.78, 5) is 16.3. The summed E-state index contributed by atoms with van der Waals surface area (Å²) in [7, 11) is 0. The Kier molecular flexibility index (Phi) is 4.53. The predicted octanol–water partition coefficient (Wildman–Crippen LogP) is 3.11. The monoisotopic (exact) mass is 338 g/mol. The predicted molar refractivity (Wildman–Crippen MR) is 101 cm³/mol. The van der Waals surface area contributed by atoms with Gasteiger partial charge in [0.1, 0.15) is 0 Å². The second kappa shape index (κ2) is 6.96. The zero-order valence-corrected chi connectivity index (χ0v) is 15.0. The topological polar surface area (TPSA) is 65.4 Å². The van der Waals surface area contributed by atoms with Crippen molar-refractivity contribution in [3.63, 3.8) is 0 Å². The van der Waals surface area contributed by atoms with Gasteiger partial charge in [-0.15, -0.1) is 0 Å². The van der Waals surface area contributed by atoms with Crippen molar-refractivity contribution in [3.05, 3.63) is 30.0 Å². The van der Waals surface area contributed by atoms with Crippen LogP contribution in [0.15, 0.2) is 29.3 Å². The number of benzene rings is 1. The first-order valence-electron chi connectivity index (χ1n) is 9.23. The van der Waals surface area contributed by atoms with E-state index in [1.54, 1.807) is 0 Å². The molecule has 0 saturated heterocycles. The van der Waals surface area contributed by atoms with Crippen LogP contribution < -0.4 is 10.6 Å². The van der Waals surface area contributed by atoms with E-state index in [9.17, 15) is 0 Å². The first-order chi connectivity index (χ1) is 12.2. The van der Waals surface area contributed by atoms with Crippen molar-refractivity contribution in [1.29, 1.82) is 0 Å². The molecule has 6 nitrogen and oxygen atoms in total. The molecular weight excluding hydrogens is 312 g/mol. The molecule has 0 spiro atoms. The number of rotatable bonds is 2. The number of aromatic nitrogens is 2. The molecule has 0 amide bonds. The van der Waals surface area contributed by atoms with Gasteiger partial charge in [0.15, 0.2) is 0 Å². The van der Waals surface area contributed by atoms with Crippen LogP contribution in [0.1, 0.15) is 38.3 Å². The summed E-state index contributed by atoms with van der Waals surface area (Å²) in [6.45, 7) is 5.94. The molecule has 2 heterocycles. The number of hydrogen-bond donors (Lipinski definition) is 2. The number of anilines is 1. The summed E-state index contributed by atoms with van der Waals surface area (Å²) in [5.41, 5.74) is 1.92. The molecule has 132 valence electrons. The van der Waals surface area contributed by atoms with Crippen LogP contribution in [0.5, 0.6) is 0 Å². The molecule has 2 atom stereocenters. The van der Waals surface area contributed by atoms with E-state index in [4.69, 9.17) is 0 Å². The molecule has 2 N–H and O–H groups in total. The molecule has 0 radical (unpaired) electrons. The van der Waals surface area contributed by atoms with Crippen LogP contribution in [0.2, 0.25) is 0 Å². The SMILES string of the molecule is Cc1nc(NC2=NCN([C@H]3CCCC[C@@H]3C)CN2)nc2ccccc12. The van der Waals surface area contributed by atoms with Crippen molar-refractivity contribution in [2.75, 3.05) is 18.7 Å². The third kappa shape index (κ3) is 3.44. The largest absolute Gasteiger partial charge is 0.343 e. The molecule has 1 aromatic heterocycles. The van der Waals surface area contributed by atoms with E-state index < -0.39 is 0 Å². The number of hydrogen-bond acceptors (Lipinski definition) is 6. The van der Waals surface area contributed by atoms with E-state index in [-0.39, 0.29) is 0 Å². The smallest absolute Gasteiger partial charge is 0.230 e. The maximum absolute atomic E-state index is 4.67. The first kappa shape index (κ1) is 16.3. The maximum Gasteiger partial charge on any atom is 0.230 e. The molecular formula is C19H26N6. The molecule has 6 heteroatoms. The highest BCUT2D eigenvalue weighted by atomic mass is 15.4. The molecule has 2 aliphatic rings. The van der Waals surface area contributed by atoms with Gasteiger partial charge in [-0.25, -0.2) is 15.0 Å². The van der Waals surface area contributed by atoms with Gasteiger partial charge in [-0.1, -0.05) is 38.0 Å². The fourth-order valence-corrected chi connectivity index (χ4v) is 3.99. The van der Waals surface area contributed by atoms with Crippen molar-refractivity contribution in [2.45, 2.75) is 45.6 Å². The van der Waals surface area contributed by atoms with Gasteiger partial charge in [0.2, 0.25) is 11.9 Å². The molecule has 0 unspecified atom stereocenters. The summed E-state index contributed by atoms with van der Waals surface area (Å²) in [6, 6.07) is 8.72. The van der Waals surface area contributed by atoms with E-state index >= 15 is 0 Å². The molecule has 1 fully saturated rings. The van der Waals surface area contributed by atoms with E-state index in [0.29, 0.717) is 12.0 Å². The van der Waals surface area contributed by atoms with Crippen LogP contribution in [-0.4, -0.2) is 40.2 Å². The van der Waals surface area contributed by atoms with Crippen LogP contribution in [-0.2, 0) is 0 Å². The number of para-hydroxylation sites is 1. The van der Waals surface area contributed by atoms with Crippen molar-refractivity contribution < 1.29 is 0 Å². The molecule has 2 aromatic rings. The normalized spacial score (nSPS) is 24.6. The number of aliphatic imine (C=N–C) groups is 1. The van der Waals surface area contributed by atoms with Gasteiger partial charge >= 0.3 is 0 Å². The third-order valence-electron chi connectivity index (χ3n) is 5.42. The van der Waals surface area contributed by atoms with Crippen LogP contribution in [0.3, 0.4) is 0 Å². The number of fused-ring (bicyclic) bond motifs is 1. The summed E-state index contributed by atoms with van der Waals surface area (Å²) in [6.07, 6.45) is 5.33. The lowest BCUT2D eigenvalue weighted by Gasteiger charge is -2.39. The zero-order valence-electron chi connectivity index (χ0n) is 15.0. The lowest BCUT2D eigenvalue weighted by Crippen LogP contribution is -2.52. The molecule has 25 heavy (non-hydrogen) atoms. The molecule has 1 saturated carbocycles. The molecule has 1 aliphatic heterocycles. The van der Waals surface area contributed by atoms with Gasteiger partial charge in [-0.2, -0.15) is 0 Å². The maximum atomic E-state index is 4.67. The van der Waals surface area contributed by atoms with Gasteiger partial charge in [0.05, 0.1) is 24.5 Å². The van der Waals surface area contributed by atoms with Crippen LogP contribution in [0, 0.1) is 12.8 Å². The van der Waals surface area contributed by atoms with Gasteiger partial charge in [0.25, 0.3) is 0 Å². The minimum absolute atomic E-state index is 0.599. The highest BCUT2D eigenvalue weighted by molar-refractivity contribution is 5.93. The van der Waals surface area contributed by atoms with E-state index in [1.807, 2.05) is 31.2 Å². The Morgan fingerprint density at radius 1 is 1.16 bits per heavy atom. The Hall–Kier alpha value is -2.21. The summed E-state index contributed by atoms with van der Waals surface area (Å²) in [5, 5.41) is 7.71. The lowest BCUT2D eigenvalue weighted by molar-refractivity contribution is 0.107. The van der Waals surface area contributed by atoms with E-state index in [0.717, 1.165) is 41.8 Å². The van der Waals surface area contributed by atoms with Crippen LogP contribution in [0.4, 0.5) is 5.95 Å².